The fourth-order valence-corrected chi connectivity index (χ4v) is 1.59. The van der Waals surface area contributed by atoms with Crippen LogP contribution in [0.15, 0.2) is 36.5 Å². The molecule has 0 saturated heterocycles. The van der Waals surface area contributed by atoms with E-state index in [9.17, 15) is 0 Å². The fraction of sp³-hybridized carbons (Fsp3) is 0.286. The lowest BCUT2D eigenvalue weighted by molar-refractivity contribution is 0.308. The second-order valence-electron chi connectivity index (χ2n) is 3.92. The third-order valence-electron chi connectivity index (χ3n) is 2.51. The van der Waals surface area contributed by atoms with Crippen molar-refractivity contribution in [1.29, 1.82) is 0 Å². The van der Waals surface area contributed by atoms with Crippen LogP contribution in [-0.2, 0) is 6.42 Å². The van der Waals surface area contributed by atoms with Gasteiger partial charge in [-0.05, 0) is 24.6 Å². The summed E-state index contributed by atoms with van der Waals surface area (Å²) in [7, 11) is 1.61. The molecule has 0 saturated carbocycles. The zero-order chi connectivity index (χ0) is 12.8. The zero-order valence-corrected chi connectivity index (χ0v) is 10.6. The largest absolute Gasteiger partial charge is 0.481 e. The highest BCUT2D eigenvalue weighted by atomic mass is 16.5. The van der Waals surface area contributed by atoms with Crippen molar-refractivity contribution in [2.75, 3.05) is 13.7 Å². The molecule has 94 valence electrons. The van der Waals surface area contributed by atoms with Gasteiger partial charge in [-0.3, -0.25) is 0 Å². The predicted octanol–water partition coefficient (Wildman–Crippen LogP) is 2.42. The van der Waals surface area contributed by atoms with Gasteiger partial charge in [-0.2, -0.15) is 0 Å². The highest BCUT2D eigenvalue weighted by Crippen LogP contribution is 2.11. The summed E-state index contributed by atoms with van der Waals surface area (Å²) < 4.78 is 10.7. The summed E-state index contributed by atoms with van der Waals surface area (Å²) in [5, 5.41) is 0. The Hall–Kier alpha value is -2.10. The first kappa shape index (κ1) is 12.4. The van der Waals surface area contributed by atoms with Crippen molar-refractivity contribution in [2.45, 2.75) is 13.3 Å². The van der Waals surface area contributed by atoms with Crippen molar-refractivity contribution >= 4 is 0 Å². The van der Waals surface area contributed by atoms with Gasteiger partial charge in [-0.15, -0.1) is 0 Å². The Morgan fingerprint density at radius 1 is 1.17 bits per heavy atom. The molecule has 0 aliphatic heterocycles. The first-order valence-corrected chi connectivity index (χ1v) is 5.83. The zero-order valence-electron chi connectivity index (χ0n) is 10.6. The van der Waals surface area contributed by atoms with Crippen LogP contribution in [0.2, 0.25) is 0 Å². The fourth-order valence-electron chi connectivity index (χ4n) is 1.59. The molecule has 0 unspecified atom stereocenters. The Bertz CT molecular complexity index is 515. The number of pyridine rings is 2. The van der Waals surface area contributed by atoms with Gasteiger partial charge in [-0.25, -0.2) is 9.97 Å². The summed E-state index contributed by atoms with van der Waals surface area (Å²) in [6.07, 6.45) is 2.54. The molecule has 0 aromatic carbocycles. The van der Waals surface area contributed by atoms with Gasteiger partial charge in [0.25, 0.3) is 0 Å². The van der Waals surface area contributed by atoms with Crippen LogP contribution in [0.25, 0.3) is 0 Å². The van der Waals surface area contributed by atoms with E-state index >= 15 is 0 Å². The van der Waals surface area contributed by atoms with Crippen LogP contribution < -0.4 is 9.47 Å². The third-order valence-corrected chi connectivity index (χ3v) is 2.51. The lowest BCUT2D eigenvalue weighted by Crippen LogP contribution is -2.03. The lowest BCUT2D eigenvalue weighted by Gasteiger charge is -2.06. The molecule has 4 heteroatoms. The minimum Gasteiger partial charge on any atom is -0.481 e. The highest BCUT2D eigenvalue weighted by Gasteiger charge is 1.99. The number of rotatable bonds is 5. The molecular formula is C14H16N2O2. The minimum absolute atomic E-state index is 0.587. The van der Waals surface area contributed by atoms with E-state index < -0.39 is 0 Å². The second-order valence-corrected chi connectivity index (χ2v) is 3.92. The summed E-state index contributed by atoms with van der Waals surface area (Å²) >= 11 is 0. The van der Waals surface area contributed by atoms with Crippen molar-refractivity contribution in [2.24, 2.45) is 0 Å². The van der Waals surface area contributed by atoms with Crippen molar-refractivity contribution in [3.8, 4) is 11.8 Å². The number of ether oxygens (including phenoxy) is 2. The van der Waals surface area contributed by atoms with E-state index in [1.54, 1.807) is 13.3 Å². The second kappa shape index (κ2) is 6.00. The van der Waals surface area contributed by atoms with Crippen LogP contribution in [0.4, 0.5) is 0 Å². The molecule has 2 aromatic heterocycles. The maximum absolute atomic E-state index is 5.59. The molecule has 0 N–H and O–H groups in total. The Kier molecular flexibility index (Phi) is 4.12. The van der Waals surface area contributed by atoms with E-state index in [0.717, 1.165) is 17.7 Å². The first-order chi connectivity index (χ1) is 8.78. The summed E-state index contributed by atoms with van der Waals surface area (Å²) in [6, 6.07) is 9.61. The number of aryl methyl sites for hydroxylation is 1. The molecule has 2 aromatic rings. The van der Waals surface area contributed by atoms with Crippen LogP contribution in [0.1, 0.15) is 11.3 Å². The molecule has 0 atom stereocenters. The normalized spacial score (nSPS) is 10.1. The van der Waals surface area contributed by atoms with Gasteiger partial charge in [0.2, 0.25) is 11.8 Å². The monoisotopic (exact) mass is 244 g/mol. The van der Waals surface area contributed by atoms with Crippen LogP contribution in [0, 0.1) is 6.92 Å². The van der Waals surface area contributed by atoms with E-state index in [0.29, 0.717) is 18.4 Å². The lowest BCUT2D eigenvalue weighted by atomic mass is 10.2. The quantitative estimate of drug-likeness (QED) is 0.810. The SMILES string of the molecule is COc1cc(CCOc2cccc(C)n2)ccn1. The van der Waals surface area contributed by atoms with Crippen molar-refractivity contribution in [1.82, 2.24) is 9.97 Å². The molecule has 0 fully saturated rings. The molecule has 2 heterocycles. The van der Waals surface area contributed by atoms with Crippen molar-refractivity contribution in [3.05, 3.63) is 47.8 Å². The van der Waals surface area contributed by atoms with Gasteiger partial charge in [0.05, 0.1) is 13.7 Å². The van der Waals surface area contributed by atoms with Gasteiger partial charge in [-0.1, -0.05) is 6.07 Å². The Morgan fingerprint density at radius 2 is 2.06 bits per heavy atom. The summed E-state index contributed by atoms with van der Waals surface area (Å²) in [4.78, 5) is 8.34. The van der Waals surface area contributed by atoms with Gasteiger partial charge in [0.1, 0.15) is 0 Å². The molecule has 2 rings (SSSR count). The van der Waals surface area contributed by atoms with Crippen molar-refractivity contribution in [3.63, 3.8) is 0 Å². The molecule has 0 spiro atoms. The average Bonchev–Trinajstić information content (AvgIpc) is 2.39. The Morgan fingerprint density at radius 3 is 2.83 bits per heavy atom. The van der Waals surface area contributed by atoms with Gasteiger partial charge < -0.3 is 9.47 Å². The first-order valence-electron chi connectivity index (χ1n) is 5.83. The van der Waals surface area contributed by atoms with Crippen LogP contribution in [0.3, 0.4) is 0 Å². The molecule has 18 heavy (non-hydrogen) atoms. The van der Waals surface area contributed by atoms with E-state index in [2.05, 4.69) is 9.97 Å². The molecule has 4 nitrogen and oxygen atoms in total. The molecule has 0 radical (unpaired) electrons. The molecular weight excluding hydrogens is 228 g/mol. The van der Waals surface area contributed by atoms with E-state index in [4.69, 9.17) is 9.47 Å². The van der Waals surface area contributed by atoms with E-state index in [1.807, 2.05) is 37.3 Å². The average molecular weight is 244 g/mol. The third kappa shape index (κ3) is 3.45. The van der Waals surface area contributed by atoms with Gasteiger partial charge >= 0.3 is 0 Å². The maximum Gasteiger partial charge on any atom is 0.213 e. The number of aromatic nitrogens is 2. The number of hydrogen-bond donors (Lipinski definition) is 0. The number of nitrogens with zero attached hydrogens (tertiary/aromatic N) is 2. The van der Waals surface area contributed by atoms with Crippen molar-refractivity contribution < 1.29 is 9.47 Å². The van der Waals surface area contributed by atoms with Crippen LogP contribution in [0.5, 0.6) is 11.8 Å². The highest BCUT2D eigenvalue weighted by molar-refractivity contribution is 5.21. The summed E-state index contributed by atoms with van der Waals surface area (Å²) in [6.45, 7) is 2.53. The smallest absolute Gasteiger partial charge is 0.213 e. The van der Waals surface area contributed by atoms with E-state index in [-0.39, 0.29) is 0 Å². The molecule has 0 amide bonds. The minimum atomic E-state index is 0.587. The summed E-state index contributed by atoms with van der Waals surface area (Å²) in [5.41, 5.74) is 2.09. The number of hydrogen-bond acceptors (Lipinski definition) is 4. The van der Waals surface area contributed by atoms with Gasteiger partial charge in [0, 0.05) is 30.4 Å². The molecule has 0 bridgehead atoms. The summed E-state index contributed by atoms with van der Waals surface area (Å²) in [5.74, 6) is 1.29. The van der Waals surface area contributed by atoms with Gasteiger partial charge in [0.15, 0.2) is 0 Å². The Labute approximate surface area is 107 Å². The van der Waals surface area contributed by atoms with E-state index in [1.165, 1.54) is 0 Å². The maximum atomic E-state index is 5.59. The number of methoxy groups -OCH3 is 1. The topological polar surface area (TPSA) is 44.2 Å². The van der Waals surface area contributed by atoms with Crippen LogP contribution >= 0.6 is 0 Å². The molecule has 0 aliphatic rings. The predicted molar refractivity (Wildman–Crippen MR) is 69.0 cm³/mol. The standard InChI is InChI=1S/C14H16N2O2/c1-11-4-3-5-13(16-11)18-9-7-12-6-8-15-14(10-12)17-2/h3-6,8,10H,7,9H2,1-2H3. The van der Waals surface area contributed by atoms with Crippen LogP contribution in [-0.4, -0.2) is 23.7 Å². The Balaban J connectivity index is 1.88. The molecule has 0 aliphatic carbocycles.